The minimum Gasteiger partial charge on any atom is -0.493 e. The Morgan fingerprint density at radius 2 is 2.02 bits per heavy atom. The molecule has 0 bridgehead atoms. The second-order valence-corrected chi connectivity index (χ2v) is 11.9. The number of aldehydes is 1. The molecule has 2 aromatic rings. The van der Waals surface area contributed by atoms with Crippen molar-refractivity contribution in [1.29, 1.82) is 0 Å². The van der Waals surface area contributed by atoms with Gasteiger partial charge in [0.25, 0.3) is 5.91 Å². The van der Waals surface area contributed by atoms with Gasteiger partial charge in [0.2, 0.25) is 5.91 Å². The van der Waals surface area contributed by atoms with Crippen LogP contribution in [0.15, 0.2) is 42.0 Å². The predicted octanol–water partition coefficient (Wildman–Crippen LogP) is 3.54. The van der Waals surface area contributed by atoms with Gasteiger partial charge in [-0.3, -0.25) is 14.4 Å². The van der Waals surface area contributed by atoms with E-state index in [0.29, 0.717) is 44.1 Å². The second-order valence-electron chi connectivity index (χ2n) is 9.88. The van der Waals surface area contributed by atoms with Crippen LogP contribution in [0, 0.1) is 3.57 Å². The Hall–Kier alpha value is -2.42. The van der Waals surface area contributed by atoms with Crippen LogP contribution in [0.5, 0.6) is 11.5 Å². The minimum absolute atomic E-state index is 0.0103. The molecule has 13 heteroatoms. The molecule has 4 rings (SSSR count). The zero-order valence-corrected chi connectivity index (χ0v) is 26.4. The highest BCUT2D eigenvalue weighted by Gasteiger charge is 2.43. The van der Waals surface area contributed by atoms with Gasteiger partial charge in [0.15, 0.2) is 11.5 Å². The number of aliphatic hydroxyl groups excluding tert-OH is 2. The van der Waals surface area contributed by atoms with Gasteiger partial charge in [0.1, 0.15) is 24.6 Å². The fourth-order valence-corrected chi connectivity index (χ4v) is 6.06. The van der Waals surface area contributed by atoms with E-state index in [1.807, 2.05) is 22.6 Å². The van der Waals surface area contributed by atoms with Crippen molar-refractivity contribution in [1.82, 2.24) is 10.2 Å². The lowest BCUT2D eigenvalue weighted by atomic mass is 9.87. The van der Waals surface area contributed by atoms with Crippen molar-refractivity contribution in [3.05, 3.63) is 66.7 Å². The monoisotopic (exact) mass is 732 g/mol. The van der Waals surface area contributed by atoms with E-state index in [2.05, 4.69) is 5.32 Å². The summed E-state index contributed by atoms with van der Waals surface area (Å²) < 4.78 is 18.0. The van der Waals surface area contributed by atoms with Gasteiger partial charge in [0.05, 0.1) is 33.4 Å². The largest absolute Gasteiger partial charge is 0.493 e. The van der Waals surface area contributed by atoms with Crippen LogP contribution in [0.2, 0.25) is 10.0 Å². The predicted molar refractivity (Wildman–Crippen MR) is 164 cm³/mol. The molecule has 2 amide bonds. The minimum atomic E-state index is -1.28. The molecule has 1 saturated heterocycles. The zero-order valence-electron chi connectivity index (χ0n) is 22.7. The van der Waals surface area contributed by atoms with Gasteiger partial charge in [-0.25, -0.2) is 0 Å². The summed E-state index contributed by atoms with van der Waals surface area (Å²) in [5, 5.41) is 24.3. The number of aliphatic hydroxyl groups is 2. The van der Waals surface area contributed by atoms with Crippen molar-refractivity contribution in [2.45, 2.75) is 50.2 Å². The fraction of sp³-hybridized carbons (Fsp3) is 0.414. The van der Waals surface area contributed by atoms with E-state index in [9.17, 15) is 24.6 Å². The first kappa shape index (κ1) is 32.5. The number of nitrogens with zero attached hydrogens (tertiary/aromatic N) is 1. The molecule has 0 aromatic heterocycles. The molecule has 0 radical (unpaired) electrons. The van der Waals surface area contributed by atoms with Crippen LogP contribution in [-0.4, -0.2) is 84.4 Å². The summed E-state index contributed by atoms with van der Waals surface area (Å²) in [4.78, 5) is 39.9. The summed E-state index contributed by atoms with van der Waals surface area (Å²) in [7, 11) is 1.43. The van der Waals surface area contributed by atoms with Crippen molar-refractivity contribution in [2.75, 3.05) is 26.9 Å². The van der Waals surface area contributed by atoms with E-state index in [-0.39, 0.29) is 49.1 Å². The number of halogens is 3. The van der Waals surface area contributed by atoms with E-state index in [4.69, 9.17) is 37.4 Å². The number of hydrogen-bond acceptors (Lipinski definition) is 8. The summed E-state index contributed by atoms with van der Waals surface area (Å²) in [5.41, 5.74) is 1.31. The standard InChI is InChI=1S/C29H31Cl2IN2O8/c1-40-25-11-17(15-36)10-21(32)27(25)42-24-13-18(28(38)33-6-7-35)12-22(26(24)37)34(29(39)23-3-2-8-41-23)14-16-4-5-19(30)20(31)9-16/h4-5,9-11,13,15,22-24,26,35,37H,2-3,6-8,12,14H2,1H3,(H,33,38)/t22-,23?,24+,26+/m1/s1. The van der Waals surface area contributed by atoms with E-state index >= 15 is 0 Å². The number of carbonyl (C=O) groups is 3. The first-order valence-electron chi connectivity index (χ1n) is 13.3. The highest BCUT2D eigenvalue weighted by atomic mass is 127. The van der Waals surface area contributed by atoms with E-state index in [1.165, 1.54) is 24.2 Å². The molecule has 2 aliphatic rings. The summed E-state index contributed by atoms with van der Waals surface area (Å²) in [6.45, 7) is 0.268. The number of rotatable bonds is 11. The highest BCUT2D eigenvalue weighted by Crippen LogP contribution is 2.37. The van der Waals surface area contributed by atoms with Gasteiger partial charge in [-0.05, 0) is 71.3 Å². The fourth-order valence-electron chi connectivity index (χ4n) is 4.99. The summed E-state index contributed by atoms with van der Waals surface area (Å²) in [6, 6.07) is 7.22. The highest BCUT2D eigenvalue weighted by molar-refractivity contribution is 14.1. The van der Waals surface area contributed by atoms with Crippen molar-refractivity contribution in [2.24, 2.45) is 0 Å². The summed E-state index contributed by atoms with van der Waals surface area (Å²) >= 11 is 14.4. The molecule has 10 nitrogen and oxygen atoms in total. The van der Waals surface area contributed by atoms with Crippen LogP contribution in [-0.2, 0) is 20.9 Å². The molecule has 1 heterocycles. The van der Waals surface area contributed by atoms with Gasteiger partial charge < -0.3 is 34.6 Å². The Bertz CT molecular complexity index is 1350. The van der Waals surface area contributed by atoms with Crippen molar-refractivity contribution in [3.63, 3.8) is 0 Å². The Labute approximate surface area is 267 Å². The number of hydrogen-bond donors (Lipinski definition) is 3. The van der Waals surface area contributed by atoms with Crippen LogP contribution >= 0.6 is 45.8 Å². The number of carbonyl (C=O) groups excluding carboxylic acids is 3. The molecular formula is C29H31Cl2IN2O8. The van der Waals surface area contributed by atoms with E-state index in [1.54, 1.807) is 24.3 Å². The summed E-state index contributed by atoms with van der Waals surface area (Å²) in [5.74, 6) is -0.269. The molecule has 0 spiro atoms. The van der Waals surface area contributed by atoms with E-state index < -0.39 is 30.3 Å². The van der Waals surface area contributed by atoms with Crippen molar-refractivity contribution < 1.29 is 38.8 Å². The maximum Gasteiger partial charge on any atom is 0.252 e. The smallest absolute Gasteiger partial charge is 0.252 e. The molecule has 0 saturated carbocycles. The Morgan fingerprint density at radius 3 is 2.67 bits per heavy atom. The van der Waals surface area contributed by atoms with Crippen LogP contribution in [0.3, 0.4) is 0 Å². The lowest BCUT2D eigenvalue weighted by molar-refractivity contribution is -0.149. The molecular weight excluding hydrogens is 702 g/mol. The second kappa shape index (κ2) is 14.8. The van der Waals surface area contributed by atoms with Crippen LogP contribution < -0.4 is 14.8 Å². The maximum atomic E-state index is 13.9. The van der Waals surface area contributed by atoms with Crippen molar-refractivity contribution in [3.8, 4) is 11.5 Å². The summed E-state index contributed by atoms with van der Waals surface area (Å²) in [6.07, 6.45) is 0.379. The number of benzene rings is 2. The molecule has 1 unspecified atom stereocenters. The average Bonchev–Trinajstić information content (AvgIpc) is 3.53. The normalized spacial score (nSPS) is 21.8. The topological polar surface area (TPSA) is 135 Å². The number of ether oxygens (including phenoxy) is 3. The van der Waals surface area contributed by atoms with Gasteiger partial charge in [-0.15, -0.1) is 0 Å². The molecule has 2 aromatic carbocycles. The molecule has 42 heavy (non-hydrogen) atoms. The molecule has 4 atom stereocenters. The number of amides is 2. The third-order valence-electron chi connectivity index (χ3n) is 7.08. The Morgan fingerprint density at radius 1 is 1.24 bits per heavy atom. The Kier molecular flexibility index (Phi) is 11.5. The van der Waals surface area contributed by atoms with Gasteiger partial charge >= 0.3 is 0 Å². The molecule has 1 fully saturated rings. The number of nitrogens with one attached hydrogen (secondary N) is 1. The molecule has 1 aliphatic heterocycles. The van der Waals surface area contributed by atoms with Gasteiger partial charge in [-0.1, -0.05) is 29.3 Å². The van der Waals surface area contributed by atoms with Crippen molar-refractivity contribution >= 4 is 63.9 Å². The third-order valence-corrected chi connectivity index (χ3v) is 8.62. The first-order valence-corrected chi connectivity index (χ1v) is 15.1. The van der Waals surface area contributed by atoms with Crippen LogP contribution in [0.1, 0.15) is 35.2 Å². The van der Waals surface area contributed by atoms with Crippen LogP contribution in [0.4, 0.5) is 0 Å². The molecule has 1 aliphatic carbocycles. The molecule has 226 valence electrons. The van der Waals surface area contributed by atoms with Gasteiger partial charge in [-0.2, -0.15) is 0 Å². The lowest BCUT2D eigenvalue weighted by Crippen LogP contribution is -2.56. The maximum absolute atomic E-state index is 13.9. The molecule has 3 N–H and O–H groups in total. The Balaban J connectivity index is 1.74. The van der Waals surface area contributed by atoms with Crippen LogP contribution in [0.25, 0.3) is 0 Å². The number of methoxy groups -OCH3 is 1. The third kappa shape index (κ3) is 7.56. The quantitative estimate of drug-likeness (QED) is 0.236. The van der Waals surface area contributed by atoms with Gasteiger partial charge in [0, 0.05) is 37.3 Å². The van der Waals surface area contributed by atoms with E-state index in [0.717, 1.165) is 6.42 Å². The lowest BCUT2D eigenvalue weighted by Gasteiger charge is -2.41. The zero-order chi connectivity index (χ0) is 30.4. The SMILES string of the molecule is COc1cc(C=O)cc(I)c1O[C@H]1C=C(C(=O)NCCO)C[C@@H](N(Cc2ccc(Cl)c(Cl)c2)C(=O)C2CCCO2)[C@@H]1O. The first-order chi connectivity index (χ1) is 20.2. The average molecular weight is 733 g/mol.